The molecule has 0 fully saturated rings. The zero-order valence-corrected chi connectivity index (χ0v) is 13.5. The Morgan fingerprint density at radius 2 is 1.48 bits per heavy atom. The van der Waals surface area contributed by atoms with E-state index in [1.54, 1.807) is 12.1 Å². The normalized spacial score (nSPS) is 10.8. The summed E-state index contributed by atoms with van der Waals surface area (Å²) in [5.74, 6) is 0.318. The molecule has 0 radical (unpaired) electrons. The predicted molar refractivity (Wildman–Crippen MR) is 98.7 cm³/mol. The summed E-state index contributed by atoms with van der Waals surface area (Å²) in [6, 6.07) is 24.4. The van der Waals surface area contributed by atoms with E-state index in [2.05, 4.69) is 10.3 Å². The number of anilines is 1. The number of nitrogens with zero attached hydrogens (tertiary/aromatic N) is 2. The molecule has 1 heterocycles. The molecule has 4 heteroatoms. The van der Waals surface area contributed by atoms with Crippen molar-refractivity contribution < 1.29 is 4.39 Å². The van der Waals surface area contributed by atoms with Crippen LogP contribution in [0.4, 0.5) is 10.3 Å². The van der Waals surface area contributed by atoms with Crippen molar-refractivity contribution >= 4 is 16.9 Å². The van der Waals surface area contributed by atoms with Crippen LogP contribution in [-0.2, 0) is 6.54 Å². The highest BCUT2D eigenvalue weighted by Crippen LogP contribution is 2.27. The molecular formula is C21H16FN3. The SMILES string of the molecule is Fc1ccc(CNc2nc(-c3ccccc3)c3ccccc3n2)cc1. The molecule has 0 aliphatic carbocycles. The number of fused-ring (bicyclic) bond motifs is 1. The molecule has 0 saturated carbocycles. The second-order valence-corrected chi connectivity index (χ2v) is 5.76. The number of hydrogen-bond donors (Lipinski definition) is 1. The number of nitrogens with one attached hydrogen (secondary N) is 1. The van der Waals surface area contributed by atoms with E-state index < -0.39 is 0 Å². The fraction of sp³-hybridized carbons (Fsp3) is 0.0476. The van der Waals surface area contributed by atoms with Crippen LogP contribution < -0.4 is 5.32 Å². The molecular weight excluding hydrogens is 313 g/mol. The van der Waals surface area contributed by atoms with Crippen molar-refractivity contribution in [3.8, 4) is 11.3 Å². The fourth-order valence-electron chi connectivity index (χ4n) is 2.76. The minimum atomic E-state index is -0.239. The summed E-state index contributed by atoms with van der Waals surface area (Å²) in [6.45, 7) is 0.535. The van der Waals surface area contributed by atoms with Gasteiger partial charge in [-0.15, -0.1) is 0 Å². The second kappa shape index (κ2) is 6.69. The monoisotopic (exact) mass is 329 g/mol. The molecule has 0 aliphatic rings. The van der Waals surface area contributed by atoms with Crippen LogP contribution in [0.25, 0.3) is 22.2 Å². The van der Waals surface area contributed by atoms with Crippen LogP contribution in [-0.4, -0.2) is 9.97 Å². The summed E-state index contributed by atoms with van der Waals surface area (Å²) in [4.78, 5) is 9.31. The van der Waals surface area contributed by atoms with Crippen LogP contribution in [0.5, 0.6) is 0 Å². The lowest BCUT2D eigenvalue weighted by atomic mass is 10.1. The molecule has 1 aromatic heterocycles. The molecule has 0 spiro atoms. The van der Waals surface area contributed by atoms with Gasteiger partial charge in [0.1, 0.15) is 5.82 Å². The molecule has 3 aromatic carbocycles. The van der Waals surface area contributed by atoms with Gasteiger partial charge in [0.25, 0.3) is 0 Å². The van der Waals surface area contributed by atoms with Gasteiger partial charge in [-0.3, -0.25) is 0 Å². The second-order valence-electron chi connectivity index (χ2n) is 5.76. The van der Waals surface area contributed by atoms with Crippen molar-refractivity contribution in [1.29, 1.82) is 0 Å². The largest absolute Gasteiger partial charge is 0.350 e. The maximum absolute atomic E-state index is 13.0. The highest BCUT2D eigenvalue weighted by Gasteiger charge is 2.09. The van der Waals surface area contributed by atoms with Gasteiger partial charge in [-0.2, -0.15) is 0 Å². The summed E-state index contributed by atoms with van der Waals surface area (Å²) in [6.07, 6.45) is 0. The van der Waals surface area contributed by atoms with Crippen LogP contribution in [0, 0.1) is 5.82 Å². The average molecular weight is 329 g/mol. The molecule has 0 unspecified atom stereocenters. The number of hydrogen-bond acceptors (Lipinski definition) is 3. The minimum Gasteiger partial charge on any atom is -0.350 e. The molecule has 25 heavy (non-hydrogen) atoms. The van der Waals surface area contributed by atoms with E-state index in [0.717, 1.165) is 27.7 Å². The van der Waals surface area contributed by atoms with E-state index in [9.17, 15) is 4.39 Å². The molecule has 3 nitrogen and oxygen atoms in total. The van der Waals surface area contributed by atoms with Crippen LogP contribution in [0.1, 0.15) is 5.56 Å². The number of aromatic nitrogens is 2. The molecule has 4 aromatic rings. The molecule has 1 N–H and O–H groups in total. The fourth-order valence-corrected chi connectivity index (χ4v) is 2.76. The van der Waals surface area contributed by atoms with Gasteiger partial charge in [-0.05, 0) is 23.8 Å². The first-order valence-corrected chi connectivity index (χ1v) is 8.10. The average Bonchev–Trinajstić information content (AvgIpc) is 2.67. The summed E-state index contributed by atoms with van der Waals surface area (Å²) < 4.78 is 13.0. The molecule has 0 atom stereocenters. The summed E-state index contributed by atoms with van der Waals surface area (Å²) in [5.41, 5.74) is 3.80. The van der Waals surface area contributed by atoms with Crippen molar-refractivity contribution in [2.24, 2.45) is 0 Å². The predicted octanol–water partition coefficient (Wildman–Crippen LogP) is 5.05. The van der Waals surface area contributed by atoms with Gasteiger partial charge >= 0.3 is 0 Å². The Morgan fingerprint density at radius 3 is 2.28 bits per heavy atom. The first-order valence-electron chi connectivity index (χ1n) is 8.10. The van der Waals surface area contributed by atoms with E-state index in [0.29, 0.717) is 12.5 Å². The molecule has 0 aliphatic heterocycles. The Bertz CT molecular complexity index is 998. The van der Waals surface area contributed by atoms with Gasteiger partial charge in [-0.25, -0.2) is 14.4 Å². The number of benzene rings is 3. The Hall–Kier alpha value is -3.27. The summed E-state index contributed by atoms with van der Waals surface area (Å²) >= 11 is 0. The van der Waals surface area contributed by atoms with Crippen molar-refractivity contribution in [2.45, 2.75) is 6.54 Å². The molecule has 4 rings (SSSR count). The number of halogens is 1. The first-order chi connectivity index (χ1) is 12.3. The van der Waals surface area contributed by atoms with Crippen molar-refractivity contribution in [1.82, 2.24) is 9.97 Å². The van der Waals surface area contributed by atoms with E-state index >= 15 is 0 Å². The molecule has 0 amide bonds. The smallest absolute Gasteiger partial charge is 0.224 e. The summed E-state index contributed by atoms with van der Waals surface area (Å²) in [7, 11) is 0. The van der Waals surface area contributed by atoms with Crippen molar-refractivity contribution in [3.63, 3.8) is 0 Å². The number of rotatable bonds is 4. The maximum atomic E-state index is 13.0. The van der Waals surface area contributed by atoms with Gasteiger partial charge in [0.2, 0.25) is 5.95 Å². The third kappa shape index (κ3) is 3.33. The van der Waals surface area contributed by atoms with Crippen LogP contribution in [0.3, 0.4) is 0 Å². The van der Waals surface area contributed by atoms with Gasteiger partial charge in [0, 0.05) is 17.5 Å². The molecule has 0 bridgehead atoms. The minimum absolute atomic E-state index is 0.239. The van der Waals surface area contributed by atoms with Crippen LogP contribution in [0.15, 0.2) is 78.9 Å². The maximum Gasteiger partial charge on any atom is 0.224 e. The third-order valence-electron chi connectivity index (χ3n) is 4.01. The van der Waals surface area contributed by atoms with E-state index in [1.807, 2.05) is 54.6 Å². The van der Waals surface area contributed by atoms with Gasteiger partial charge in [-0.1, -0.05) is 60.7 Å². The standard InChI is InChI=1S/C21H16FN3/c22-17-12-10-15(11-13-17)14-23-21-24-19-9-5-4-8-18(19)20(25-21)16-6-2-1-3-7-16/h1-13H,14H2,(H,23,24,25). The quantitative estimate of drug-likeness (QED) is 0.569. The van der Waals surface area contributed by atoms with Crippen molar-refractivity contribution in [2.75, 3.05) is 5.32 Å². The van der Waals surface area contributed by atoms with Gasteiger partial charge in [0.05, 0.1) is 11.2 Å². The van der Waals surface area contributed by atoms with E-state index in [1.165, 1.54) is 12.1 Å². The third-order valence-corrected chi connectivity index (χ3v) is 4.01. The van der Waals surface area contributed by atoms with Gasteiger partial charge < -0.3 is 5.32 Å². The highest BCUT2D eigenvalue weighted by atomic mass is 19.1. The van der Waals surface area contributed by atoms with Crippen molar-refractivity contribution in [3.05, 3.63) is 90.2 Å². The van der Waals surface area contributed by atoms with Crippen LogP contribution in [0.2, 0.25) is 0 Å². The van der Waals surface area contributed by atoms with Gasteiger partial charge in [0.15, 0.2) is 0 Å². The lowest BCUT2D eigenvalue weighted by molar-refractivity contribution is 0.627. The molecule has 0 saturated heterocycles. The lowest BCUT2D eigenvalue weighted by Gasteiger charge is -2.10. The Kier molecular flexibility index (Phi) is 4.09. The Morgan fingerprint density at radius 1 is 0.760 bits per heavy atom. The first kappa shape index (κ1) is 15.3. The molecule has 122 valence electrons. The summed E-state index contributed by atoms with van der Waals surface area (Å²) in [5, 5.41) is 4.25. The van der Waals surface area contributed by atoms with Crippen LogP contribution >= 0.6 is 0 Å². The lowest BCUT2D eigenvalue weighted by Crippen LogP contribution is -2.05. The number of para-hydroxylation sites is 1. The topological polar surface area (TPSA) is 37.8 Å². The zero-order chi connectivity index (χ0) is 17.1. The van der Waals surface area contributed by atoms with E-state index in [4.69, 9.17) is 4.98 Å². The van der Waals surface area contributed by atoms with E-state index in [-0.39, 0.29) is 5.82 Å². The highest BCUT2D eigenvalue weighted by molar-refractivity contribution is 5.93. The Labute approximate surface area is 145 Å². The Balaban J connectivity index is 1.71. The zero-order valence-electron chi connectivity index (χ0n) is 13.5.